The highest BCUT2D eigenvalue weighted by Gasteiger charge is 2.50. The highest BCUT2D eigenvalue weighted by Crippen LogP contribution is 2.44. The van der Waals surface area contributed by atoms with Gasteiger partial charge in [-0.2, -0.15) is 9.97 Å². The molecule has 5 aromatic rings. The van der Waals surface area contributed by atoms with Crippen LogP contribution in [0.1, 0.15) is 79.8 Å². The Labute approximate surface area is 411 Å². The van der Waals surface area contributed by atoms with Gasteiger partial charge in [-0.25, -0.2) is 4.39 Å². The highest BCUT2D eigenvalue weighted by atomic mass is 19.1. The molecule has 372 valence electrons. The Morgan fingerprint density at radius 1 is 0.930 bits per heavy atom. The van der Waals surface area contributed by atoms with Gasteiger partial charge in [-0.1, -0.05) is 31.2 Å². The molecule has 18 heteroatoms. The number of ether oxygens (including phenoxy) is 2. The number of phenols is 1. The number of fused-ring (bicyclic) bond motifs is 6. The topological polar surface area (TPSA) is 180 Å². The van der Waals surface area contributed by atoms with Crippen molar-refractivity contribution in [2.75, 3.05) is 75.9 Å². The number of aliphatic hydroxyl groups is 1. The minimum Gasteiger partial charge on any atom is -0.508 e. The normalized spacial score (nSPS) is 26.5. The molecule has 7 aliphatic rings. The molecule has 3 amide bonds. The van der Waals surface area contributed by atoms with Gasteiger partial charge in [-0.05, 0) is 106 Å². The van der Waals surface area contributed by atoms with Crippen molar-refractivity contribution >= 4 is 50.9 Å². The number of amides is 3. The third kappa shape index (κ3) is 8.02. The first-order chi connectivity index (χ1) is 34.5. The van der Waals surface area contributed by atoms with Crippen LogP contribution in [0.15, 0.2) is 54.7 Å². The van der Waals surface area contributed by atoms with Gasteiger partial charge >= 0.3 is 6.01 Å². The Morgan fingerprint density at radius 2 is 1.73 bits per heavy atom. The molecule has 0 aliphatic carbocycles. The van der Waals surface area contributed by atoms with Crippen molar-refractivity contribution in [1.29, 1.82) is 0 Å². The molecule has 71 heavy (non-hydrogen) atoms. The van der Waals surface area contributed by atoms with E-state index in [1.807, 2.05) is 35.2 Å². The van der Waals surface area contributed by atoms with Crippen LogP contribution in [0.2, 0.25) is 0 Å². The molecule has 6 fully saturated rings. The van der Waals surface area contributed by atoms with E-state index in [0.29, 0.717) is 86.8 Å². The second-order valence-electron chi connectivity index (χ2n) is 20.7. The maximum Gasteiger partial charge on any atom is 0.319 e. The Balaban J connectivity index is 0.732. The second-order valence-corrected chi connectivity index (χ2v) is 20.7. The summed E-state index contributed by atoms with van der Waals surface area (Å²) in [5.41, 5.74) is 3.91. The lowest BCUT2D eigenvalue weighted by Crippen LogP contribution is -2.53. The molecule has 0 saturated carbocycles. The summed E-state index contributed by atoms with van der Waals surface area (Å²) in [6.07, 6.45) is 7.67. The summed E-state index contributed by atoms with van der Waals surface area (Å²) in [6.45, 7) is 7.73. The quantitative estimate of drug-likeness (QED) is 0.115. The number of benzene rings is 3. The van der Waals surface area contributed by atoms with E-state index in [9.17, 15) is 24.6 Å². The number of piperazine rings is 2. The number of likely N-dealkylation sites (N-methyl/N-ethyl adjacent to an activating group) is 1. The fourth-order valence-corrected chi connectivity index (χ4v) is 13.1. The number of carbonyl (C=O) groups is 3. The molecule has 6 saturated heterocycles. The summed E-state index contributed by atoms with van der Waals surface area (Å²) in [5.74, 6) is -0.865. The summed E-state index contributed by atoms with van der Waals surface area (Å²) >= 11 is 0. The Hall–Kier alpha value is -6.05. The van der Waals surface area contributed by atoms with Crippen molar-refractivity contribution in [1.82, 2.24) is 39.9 Å². The minimum atomic E-state index is -1.09. The van der Waals surface area contributed by atoms with Gasteiger partial charge in [0.1, 0.15) is 35.4 Å². The van der Waals surface area contributed by atoms with Gasteiger partial charge in [-0.3, -0.25) is 39.4 Å². The average Bonchev–Trinajstić information content (AvgIpc) is 4.09. The molecule has 0 spiro atoms. The largest absolute Gasteiger partial charge is 0.508 e. The molecule has 12 rings (SSSR count). The van der Waals surface area contributed by atoms with Crippen LogP contribution in [0.25, 0.3) is 32.9 Å². The Kier molecular flexibility index (Phi) is 11.8. The lowest BCUT2D eigenvalue weighted by atomic mass is 9.95. The summed E-state index contributed by atoms with van der Waals surface area (Å²) in [4.78, 5) is 65.5. The van der Waals surface area contributed by atoms with Gasteiger partial charge in [0.15, 0.2) is 5.82 Å². The van der Waals surface area contributed by atoms with E-state index >= 15 is 4.39 Å². The van der Waals surface area contributed by atoms with E-state index < -0.39 is 24.2 Å². The number of hydrogen-bond donors (Lipinski definition) is 3. The molecule has 4 unspecified atom stereocenters. The number of aromatic hydroxyl groups is 1. The van der Waals surface area contributed by atoms with Gasteiger partial charge in [0.25, 0.3) is 5.91 Å². The van der Waals surface area contributed by atoms with Crippen LogP contribution in [-0.2, 0) is 27.3 Å². The van der Waals surface area contributed by atoms with E-state index in [1.54, 1.807) is 29.3 Å². The standard InChI is InChI=1S/C53H61FN10O7/c1-3-31-7-4-8-32-23-36(65)24-38(44(31)32)46-45(54)47-39(25-55-46)48(62-26-33-11-12-34(27-62)59(33)2)58-51(57-47)71-30-53-16-6-18-64(53)35(15-17-53)29-70-52(69)61-21-19-60(20-22-61)41-10-5-9-37-40(41)28-63(50(37)68)42-13-14-43(66)56-49(42)67/h4-5,7-10,23-25,33-35,42,52,65,69H,3,6,11-22,26-30H2,1-2H3,(H,56,66,67)/t33?,34?,35-,42?,52?,53-/m0/s1. The van der Waals surface area contributed by atoms with Gasteiger partial charge in [0.05, 0.1) is 17.5 Å². The van der Waals surface area contributed by atoms with Gasteiger partial charge < -0.3 is 34.4 Å². The van der Waals surface area contributed by atoms with E-state index in [-0.39, 0.29) is 52.8 Å². The number of halogens is 1. The number of aromatic nitrogens is 3. The summed E-state index contributed by atoms with van der Waals surface area (Å²) in [7, 11) is 2.18. The molecule has 6 atom stereocenters. The van der Waals surface area contributed by atoms with E-state index in [1.165, 1.54) is 0 Å². The number of nitrogens with one attached hydrogen (secondary N) is 1. The molecule has 7 aliphatic heterocycles. The predicted molar refractivity (Wildman–Crippen MR) is 263 cm³/mol. The number of aliphatic hydroxyl groups excluding tert-OH is 1. The molecule has 17 nitrogen and oxygen atoms in total. The summed E-state index contributed by atoms with van der Waals surface area (Å²) in [5, 5.41) is 26.8. The molecule has 2 bridgehead atoms. The highest BCUT2D eigenvalue weighted by molar-refractivity contribution is 6.06. The van der Waals surface area contributed by atoms with Crippen LogP contribution < -0.4 is 19.9 Å². The number of nitrogens with zero attached hydrogens (tertiary/aromatic N) is 9. The third-order valence-corrected chi connectivity index (χ3v) is 16.9. The fourth-order valence-electron chi connectivity index (χ4n) is 13.1. The van der Waals surface area contributed by atoms with Crippen molar-refractivity contribution in [2.24, 2.45) is 0 Å². The van der Waals surface area contributed by atoms with Crippen molar-refractivity contribution < 1.29 is 38.5 Å². The van der Waals surface area contributed by atoms with Crippen LogP contribution in [0.4, 0.5) is 15.9 Å². The van der Waals surface area contributed by atoms with Crippen molar-refractivity contribution in [3.8, 4) is 23.0 Å². The second kappa shape index (κ2) is 18.2. The van der Waals surface area contributed by atoms with Gasteiger partial charge in [0.2, 0.25) is 18.2 Å². The molecule has 3 aromatic carbocycles. The van der Waals surface area contributed by atoms with Crippen molar-refractivity contribution in [3.05, 3.63) is 77.2 Å². The first kappa shape index (κ1) is 46.0. The summed E-state index contributed by atoms with van der Waals surface area (Å²) < 4.78 is 30.3. The zero-order chi connectivity index (χ0) is 48.7. The van der Waals surface area contributed by atoms with Crippen LogP contribution in [0.3, 0.4) is 0 Å². The maximum absolute atomic E-state index is 17.3. The number of pyridine rings is 1. The Morgan fingerprint density at radius 3 is 2.52 bits per heavy atom. The smallest absolute Gasteiger partial charge is 0.319 e. The SMILES string of the molecule is CCc1cccc2cc(O)cc(-c3ncc4c(N5CC6CCC(C5)N6C)nc(OC[C@@]56CCCN5[C@H](COC(O)N5CCN(c7cccc8c7CN(C7CCC(=O)NC7=O)C8=O)CC5)CC6)nc4c3F)c12. The van der Waals surface area contributed by atoms with Gasteiger partial charge in [-0.15, -0.1) is 0 Å². The first-order valence-electron chi connectivity index (χ1n) is 25.5. The molecule has 3 N–H and O–H groups in total. The maximum atomic E-state index is 17.3. The number of carbonyl (C=O) groups excluding carboxylic acids is 3. The molecular formula is C53H61FN10O7. The number of piperidine rings is 1. The van der Waals surface area contributed by atoms with E-state index in [2.05, 4.69) is 38.9 Å². The number of imide groups is 1. The average molecular weight is 969 g/mol. The van der Waals surface area contributed by atoms with Crippen LogP contribution in [-0.4, -0.2) is 165 Å². The fraction of sp³-hybridized carbons (Fsp3) is 0.509. The van der Waals surface area contributed by atoms with Gasteiger partial charge in [0, 0.05) is 98.9 Å². The Bertz CT molecular complexity index is 2940. The van der Waals surface area contributed by atoms with Crippen LogP contribution in [0.5, 0.6) is 11.8 Å². The first-order valence-corrected chi connectivity index (χ1v) is 25.5. The molecular weight excluding hydrogens is 908 g/mol. The zero-order valence-corrected chi connectivity index (χ0v) is 40.4. The molecule has 9 heterocycles. The number of rotatable bonds is 12. The monoisotopic (exact) mass is 968 g/mol. The third-order valence-electron chi connectivity index (χ3n) is 16.9. The minimum absolute atomic E-state index is 0.0335. The van der Waals surface area contributed by atoms with E-state index in [0.717, 1.165) is 92.2 Å². The zero-order valence-electron chi connectivity index (χ0n) is 40.4. The van der Waals surface area contributed by atoms with E-state index in [4.69, 9.17) is 24.4 Å². The number of aryl methyl sites for hydroxylation is 1. The van der Waals surface area contributed by atoms with Crippen LogP contribution >= 0.6 is 0 Å². The lowest BCUT2D eigenvalue weighted by Gasteiger charge is -2.40. The van der Waals surface area contributed by atoms with Crippen molar-refractivity contribution in [2.45, 2.75) is 107 Å². The number of hydrogen-bond acceptors (Lipinski definition) is 15. The summed E-state index contributed by atoms with van der Waals surface area (Å²) in [6, 6.07) is 15.1. The molecule has 2 aromatic heterocycles. The number of anilines is 2. The van der Waals surface area contributed by atoms with Crippen LogP contribution in [0, 0.1) is 5.82 Å². The van der Waals surface area contributed by atoms with Crippen molar-refractivity contribution in [3.63, 3.8) is 0 Å². The lowest BCUT2D eigenvalue weighted by molar-refractivity contribution is -0.201. The molecule has 0 radical (unpaired) electrons. The number of phenolic OH excluding ortho intramolecular Hbond substituents is 1. The predicted octanol–water partition coefficient (Wildman–Crippen LogP) is 4.79.